The van der Waals surface area contributed by atoms with E-state index in [0.717, 1.165) is 17.8 Å². The van der Waals surface area contributed by atoms with Gasteiger partial charge in [0, 0.05) is 24.3 Å². The number of hydrogen-bond donors (Lipinski definition) is 1. The zero-order valence-corrected chi connectivity index (χ0v) is 13.3. The van der Waals surface area contributed by atoms with Crippen molar-refractivity contribution in [2.45, 2.75) is 39.3 Å². The molecule has 3 nitrogen and oxygen atoms in total. The lowest BCUT2D eigenvalue weighted by Crippen LogP contribution is -2.43. The highest BCUT2D eigenvalue weighted by molar-refractivity contribution is 5.93. The first-order valence-corrected chi connectivity index (χ1v) is 7.78. The number of anilines is 2. The lowest BCUT2D eigenvalue weighted by atomic mass is 9.91. The van der Waals surface area contributed by atoms with Crippen LogP contribution < -0.4 is 10.2 Å². The number of carbonyl (C=O) groups is 1. The number of rotatable bonds is 2. The van der Waals surface area contributed by atoms with Crippen LogP contribution in [0.4, 0.5) is 11.4 Å². The summed E-state index contributed by atoms with van der Waals surface area (Å²) in [6.45, 7) is 5.85. The highest BCUT2D eigenvalue weighted by atomic mass is 16.2. The largest absolute Gasteiger partial charge is 0.378 e. The summed E-state index contributed by atoms with van der Waals surface area (Å²) in [5.74, 6) is 0.106. The van der Waals surface area contributed by atoms with Gasteiger partial charge in [0.2, 0.25) is 5.91 Å². The van der Waals surface area contributed by atoms with E-state index in [9.17, 15) is 4.79 Å². The Kier molecular flexibility index (Phi) is 3.88. The quantitative estimate of drug-likeness (QED) is 0.896. The van der Waals surface area contributed by atoms with E-state index in [1.54, 1.807) is 6.92 Å². The first kappa shape index (κ1) is 14.6. The lowest BCUT2D eigenvalue weighted by molar-refractivity contribution is -0.117. The highest BCUT2D eigenvalue weighted by Crippen LogP contribution is 2.38. The standard InChI is InChI=1S/C19H22N2O/c1-13-7-6-8-16(11-13)20-18-12-14(2)21(15(3)22)19-10-5-4-9-17(18)19/h4-11,14,18,20H,12H2,1-3H3/t14-,18+/m0/s1. The Labute approximate surface area is 132 Å². The normalized spacial score (nSPS) is 20.4. The predicted molar refractivity (Wildman–Crippen MR) is 91.2 cm³/mol. The van der Waals surface area contributed by atoms with Gasteiger partial charge in [0.15, 0.2) is 0 Å². The minimum atomic E-state index is 0.106. The van der Waals surface area contributed by atoms with E-state index in [0.29, 0.717) is 0 Å². The van der Waals surface area contributed by atoms with Crippen molar-refractivity contribution in [1.29, 1.82) is 0 Å². The van der Waals surface area contributed by atoms with Gasteiger partial charge < -0.3 is 10.2 Å². The summed E-state index contributed by atoms with van der Waals surface area (Å²) in [7, 11) is 0. The smallest absolute Gasteiger partial charge is 0.224 e. The molecule has 1 heterocycles. The molecule has 22 heavy (non-hydrogen) atoms. The van der Waals surface area contributed by atoms with Crippen molar-refractivity contribution in [3.8, 4) is 0 Å². The molecule has 1 N–H and O–H groups in total. The van der Waals surface area contributed by atoms with Crippen molar-refractivity contribution in [1.82, 2.24) is 0 Å². The van der Waals surface area contributed by atoms with Gasteiger partial charge in [0.25, 0.3) is 0 Å². The monoisotopic (exact) mass is 294 g/mol. The summed E-state index contributed by atoms with van der Waals surface area (Å²) < 4.78 is 0. The van der Waals surface area contributed by atoms with Crippen LogP contribution in [0.1, 0.15) is 37.4 Å². The van der Waals surface area contributed by atoms with E-state index in [4.69, 9.17) is 0 Å². The maximum atomic E-state index is 12.0. The average molecular weight is 294 g/mol. The summed E-state index contributed by atoms with van der Waals surface area (Å²) >= 11 is 0. The predicted octanol–water partition coefficient (Wildman–Crippen LogP) is 4.29. The van der Waals surface area contributed by atoms with Crippen molar-refractivity contribution in [3.05, 3.63) is 59.7 Å². The molecule has 1 aliphatic heterocycles. The SMILES string of the molecule is CC(=O)N1c2ccccc2[C@H](Nc2cccc(C)c2)C[C@@H]1C. The first-order chi connectivity index (χ1) is 10.6. The number of hydrogen-bond acceptors (Lipinski definition) is 2. The van der Waals surface area contributed by atoms with E-state index >= 15 is 0 Å². The fourth-order valence-electron chi connectivity index (χ4n) is 3.37. The lowest BCUT2D eigenvalue weighted by Gasteiger charge is -2.39. The topological polar surface area (TPSA) is 32.3 Å². The van der Waals surface area contributed by atoms with E-state index < -0.39 is 0 Å². The Morgan fingerprint density at radius 1 is 1.18 bits per heavy atom. The third-order valence-corrected chi connectivity index (χ3v) is 4.29. The molecule has 1 amide bonds. The van der Waals surface area contributed by atoms with Crippen molar-refractivity contribution in [2.24, 2.45) is 0 Å². The molecule has 0 radical (unpaired) electrons. The molecule has 0 unspecified atom stereocenters. The maximum Gasteiger partial charge on any atom is 0.224 e. The second-order valence-electron chi connectivity index (χ2n) is 6.10. The van der Waals surface area contributed by atoms with Crippen LogP contribution in [0.25, 0.3) is 0 Å². The van der Waals surface area contributed by atoms with Gasteiger partial charge in [-0.25, -0.2) is 0 Å². The summed E-state index contributed by atoms with van der Waals surface area (Å²) in [5, 5.41) is 3.63. The first-order valence-electron chi connectivity index (χ1n) is 7.78. The fourth-order valence-corrected chi connectivity index (χ4v) is 3.37. The van der Waals surface area contributed by atoms with Gasteiger partial charge in [-0.3, -0.25) is 4.79 Å². The van der Waals surface area contributed by atoms with Gasteiger partial charge in [0.1, 0.15) is 0 Å². The zero-order chi connectivity index (χ0) is 15.7. The van der Waals surface area contributed by atoms with E-state index in [1.165, 1.54) is 11.1 Å². The Morgan fingerprint density at radius 3 is 2.68 bits per heavy atom. The molecular weight excluding hydrogens is 272 g/mol. The van der Waals surface area contributed by atoms with Crippen LogP contribution >= 0.6 is 0 Å². The Hall–Kier alpha value is -2.29. The van der Waals surface area contributed by atoms with Crippen LogP contribution in [-0.2, 0) is 4.79 Å². The molecule has 2 aromatic rings. The second kappa shape index (κ2) is 5.84. The molecule has 3 rings (SSSR count). The van der Waals surface area contributed by atoms with Gasteiger partial charge in [-0.15, -0.1) is 0 Å². The van der Waals surface area contributed by atoms with Crippen LogP contribution in [0, 0.1) is 6.92 Å². The van der Waals surface area contributed by atoms with Crippen molar-refractivity contribution in [2.75, 3.05) is 10.2 Å². The minimum absolute atomic E-state index is 0.106. The minimum Gasteiger partial charge on any atom is -0.378 e. The Balaban J connectivity index is 1.96. The summed E-state index contributed by atoms with van der Waals surface area (Å²) in [6, 6.07) is 17.0. The van der Waals surface area contributed by atoms with Crippen LogP contribution in [0.2, 0.25) is 0 Å². The van der Waals surface area contributed by atoms with Crippen LogP contribution in [0.5, 0.6) is 0 Å². The molecule has 0 aliphatic carbocycles. The third-order valence-electron chi connectivity index (χ3n) is 4.29. The van der Waals surface area contributed by atoms with E-state index in [1.807, 2.05) is 23.1 Å². The summed E-state index contributed by atoms with van der Waals surface area (Å²) in [6.07, 6.45) is 0.907. The van der Waals surface area contributed by atoms with Crippen LogP contribution in [0.3, 0.4) is 0 Å². The molecule has 0 saturated carbocycles. The van der Waals surface area contributed by atoms with Gasteiger partial charge in [-0.1, -0.05) is 30.3 Å². The molecule has 114 valence electrons. The van der Waals surface area contributed by atoms with Gasteiger partial charge in [-0.05, 0) is 49.6 Å². The fraction of sp³-hybridized carbons (Fsp3) is 0.316. The number of para-hydroxylation sites is 1. The number of amides is 1. The molecule has 2 aromatic carbocycles. The molecular formula is C19H22N2O. The molecule has 0 aromatic heterocycles. The molecule has 2 atom stereocenters. The number of nitrogens with one attached hydrogen (secondary N) is 1. The molecule has 0 bridgehead atoms. The van der Waals surface area contributed by atoms with E-state index in [2.05, 4.69) is 49.5 Å². The molecule has 0 saturated heterocycles. The average Bonchev–Trinajstić information content (AvgIpc) is 2.47. The Bertz CT molecular complexity index is 695. The van der Waals surface area contributed by atoms with Crippen molar-refractivity contribution in [3.63, 3.8) is 0 Å². The molecule has 1 aliphatic rings. The summed E-state index contributed by atoms with van der Waals surface area (Å²) in [5.41, 5.74) is 4.59. The van der Waals surface area contributed by atoms with Crippen LogP contribution in [0.15, 0.2) is 48.5 Å². The highest BCUT2D eigenvalue weighted by Gasteiger charge is 2.31. The number of carbonyl (C=O) groups excluding carboxylic acids is 1. The summed E-state index contributed by atoms with van der Waals surface area (Å²) in [4.78, 5) is 13.9. The third kappa shape index (κ3) is 2.71. The Morgan fingerprint density at radius 2 is 1.95 bits per heavy atom. The number of aryl methyl sites for hydroxylation is 1. The maximum absolute atomic E-state index is 12.0. The number of nitrogens with zero attached hydrogens (tertiary/aromatic N) is 1. The van der Waals surface area contributed by atoms with Gasteiger partial charge >= 0.3 is 0 Å². The molecule has 0 spiro atoms. The zero-order valence-electron chi connectivity index (χ0n) is 13.3. The van der Waals surface area contributed by atoms with Crippen molar-refractivity contribution < 1.29 is 4.79 Å². The van der Waals surface area contributed by atoms with E-state index in [-0.39, 0.29) is 18.0 Å². The van der Waals surface area contributed by atoms with Gasteiger partial charge in [0.05, 0.1) is 6.04 Å². The van der Waals surface area contributed by atoms with Gasteiger partial charge in [-0.2, -0.15) is 0 Å². The number of fused-ring (bicyclic) bond motifs is 1. The van der Waals surface area contributed by atoms with Crippen LogP contribution in [-0.4, -0.2) is 11.9 Å². The second-order valence-corrected chi connectivity index (χ2v) is 6.10. The van der Waals surface area contributed by atoms with Crippen molar-refractivity contribution >= 4 is 17.3 Å². The number of benzene rings is 2. The molecule has 3 heteroatoms. The molecule has 0 fully saturated rings.